The maximum absolute atomic E-state index is 13.3. The van der Waals surface area contributed by atoms with Gasteiger partial charge in [-0.25, -0.2) is 0 Å². The van der Waals surface area contributed by atoms with Crippen LogP contribution in [0.3, 0.4) is 0 Å². The van der Waals surface area contributed by atoms with Crippen molar-refractivity contribution in [3.8, 4) is 11.5 Å². The zero-order chi connectivity index (χ0) is 12.1. The molecule has 0 aliphatic carbocycles. The molecule has 0 heterocycles. The van der Waals surface area contributed by atoms with Crippen LogP contribution in [0.15, 0.2) is 12.1 Å². The Labute approximate surface area is 91.6 Å². The lowest BCUT2D eigenvalue weighted by Crippen LogP contribution is -2.21. The van der Waals surface area contributed by atoms with E-state index in [2.05, 4.69) is 4.65 Å². The predicted octanol–water partition coefficient (Wildman–Crippen LogP) is 1.10. The third-order valence-corrected chi connectivity index (χ3v) is 1.71. The molecule has 1 aromatic carbocycles. The Balaban J connectivity index is 2.89. The third-order valence-electron chi connectivity index (χ3n) is 1.71. The number of hydrogen-bond donors (Lipinski definition) is 2. The van der Waals surface area contributed by atoms with Gasteiger partial charge in [0.15, 0.2) is 5.75 Å². The molecule has 0 fully saturated rings. The van der Waals surface area contributed by atoms with Gasteiger partial charge in [-0.15, -0.1) is 0 Å². The van der Waals surface area contributed by atoms with Gasteiger partial charge in [-0.05, 0) is 18.6 Å². The molecule has 1 rings (SSSR count). The van der Waals surface area contributed by atoms with Crippen LogP contribution in [0.25, 0.3) is 0 Å². The number of ether oxygens (including phenoxy) is 1. The molecule has 0 aliphatic heterocycles. The van der Waals surface area contributed by atoms with E-state index in [9.17, 15) is 8.78 Å². The molecule has 16 heavy (non-hydrogen) atoms. The van der Waals surface area contributed by atoms with Crippen LogP contribution in [0.5, 0.6) is 11.5 Å². The van der Waals surface area contributed by atoms with Gasteiger partial charge in [-0.2, -0.15) is 8.78 Å². The van der Waals surface area contributed by atoms with Crippen molar-refractivity contribution in [3.63, 3.8) is 0 Å². The second-order valence-corrected chi connectivity index (χ2v) is 2.98. The lowest BCUT2D eigenvalue weighted by Gasteiger charge is -2.10. The molecule has 2 N–H and O–H groups in total. The minimum absolute atomic E-state index is 0.237. The lowest BCUT2D eigenvalue weighted by molar-refractivity contribution is 0.271. The topological polar surface area (TPSA) is 58.9 Å². The minimum Gasteiger partial charge on any atom is -0.509 e. The highest BCUT2D eigenvalue weighted by molar-refractivity contribution is 6.33. The summed E-state index contributed by atoms with van der Waals surface area (Å²) in [5, 5.41) is 16.9. The van der Waals surface area contributed by atoms with Gasteiger partial charge in [-0.1, -0.05) is 6.92 Å². The molecule has 0 aliphatic rings. The first-order chi connectivity index (χ1) is 7.56. The molecule has 0 radical (unpaired) electrons. The molecular weight excluding hydrogens is 221 g/mol. The van der Waals surface area contributed by atoms with Gasteiger partial charge in [-0.3, -0.25) is 0 Å². The Morgan fingerprint density at radius 2 is 1.75 bits per heavy atom. The van der Waals surface area contributed by atoms with Crippen molar-refractivity contribution < 1.29 is 28.2 Å². The fraction of sp³-hybridized carbons (Fsp3) is 0.333. The second-order valence-electron chi connectivity index (χ2n) is 2.98. The normalized spacial score (nSPS) is 10.1. The summed E-state index contributed by atoms with van der Waals surface area (Å²) in [5.74, 6) is -3.36. The van der Waals surface area contributed by atoms with Crippen LogP contribution in [-0.4, -0.2) is 24.0 Å². The Kier molecular flexibility index (Phi) is 4.51. The smallest absolute Gasteiger partial charge is 0.509 e. The van der Waals surface area contributed by atoms with Gasteiger partial charge in [0.1, 0.15) is 5.75 Å². The molecule has 0 amide bonds. The van der Waals surface area contributed by atoms with E-state index in [1.54, 1.807) is 0 Å². The average Bonchev–Trinajstić information content (AvgIpc) is 2.23. The highest BCUT2D eigenvalue weighted by Crippen LogP contribution is 2.27. The van der Waals surface area contributed by atoms with Crippen molar-refractivity contribution in [1.29, 1.82) is 0 Å². The summed E-state index contributed by atoms with van der Waals surface area (Å²) in [7, 11) is -2.20. The Morgan fingerprint density at radius 1 is 1.19 bits per heavy atom. The SMILES string of the molecule is CCCOc1ccc(OB(O)O)c(F)c1F. The maximum Gasteiger partial charge on any atom is 0.707 e. The van der Waals surface area contributed by atoms with Crippen LogP contribution in [0.1, 0.15) is 13.3 Å². The summed E-state index contributed by atoms with van der Waals surface area (Å²) in [6.07, 6.45) is 0.661. The first-order valence-corrected chi connectivity index (χ1v) is 4.69. The van der Waals surface area contributed by atoms with Crippen LogP contribution in [0, 0.1) is 11.6 Å². The summed E-state index contributed by atoms with van der Waals surface area (Å²) >= 11 is 0. The van der Waals surface area contributed by atoms with E-state index >= 15 is 0 Å². The molecule has 0 saturated carbocycles. The van der Waals surface area contributed by atoms with E-state index < -0.39 is 24.7 Å². The number of rotatable bonds is 5. The van der Waals surface area contributed by atoms with Crippen molar-refractivity contribution in [3.05, 3.63) is 23.8 Å². The van der Waals surface area contributed by atoms with Gasteiger partial charge >= 0.3 is 7.32 Å². The summed E-state index contributed by atoms with van der Waals surface area (Å²) < 4.78 is 35.7. The summed E-state index contributed by atoms with van der Waals surface area (Å²) in [4.78, 5) is 0. The molecule has 4 nitrogen and oxygen atoms in total. The maximum atomic E-state index is 13.3. The fourth-order valence-corrected chi connectivity index (χ4v) is 1.04. The van der Waals surface area contributed by atoms with Crippen LogP contribution in [0.4, 0.5) is 8.78 Å². The molecule has 0 saturated heterocycles. The van der Waals surface area contributed by atoms with Gasteiger partial charge in [0.05, 0.1) is 6.61 Å². The monoisotopic (exact) mass is 232 g/mol. The van der Waals surface area contributed by atoms with E-state index in [-0.39, 0.29) is 12.4 Å². The first-order valence-electron chi connectivity index (χ1n) is 4.69. The van der Waals surface area contributed by atoms with E-state index in [1.165, 1.54) is 0 Å². The largest absolute Gasteiger partial charge is 0.707 e. The van der Waals surface area contributed by atoms with Crippen molar-refractivity contribution in [1.82, 2.24) is 0 Å². The van der Waals surface area contributed by atoms with Crippen LogP contribution in [-0.2, 0) is 0 Å². The third kappa shape index (κ3) is 3.08. The van der Waals surface area contributed by atoms with Gasteiger partial charge in [0.2, 0.25) is 11.6 Å². The quantitative estimate of drug-likeness (QED) is 0.746. The van der Waals surface area contributed by atoms with Crippen LogP contribution in [0.2, 0.25) is 0 Å². The highest BCUT2D eigenvalue weighted by Gasteiger charge is 2.19. The molecule has 1 aromatic rings. The number of hydrogen-bond acceptors (Lipinski definition) is 4. The van der Waals surface area contributed by atoms with Crippen molar-refractivity contribution in [2.24, 2.45) is 0 Å². The number of benzene rings is 1. The lowest BCUT2D eigenvalue weighted by atomic mass is 10.2. The van der Waals surface area contributed by atoms with Gasteiger partial charge < -0.3 is 19.4 Å². The molecule has 0 bridgehead atoms. The standard InChI is InChI=1S/C9H11BF2O4/c1-2-5-15-6-3-4-7(16-10(13)14)9(12)8(6)11/h3-4,13-14H,2,5H2,1H3. The molecule has 0 aromatic heterocycles. The Bertz CT molecular complexity index is 360. The minimum atomic E-state index is -2.20. The Hall–Kier alpha value is -1.34. The second kappa shape index (κ2) is 5.67. The van der Waals surface area contributed by atoms with Crippen molar-refractivity contribution >= 4 is 7.32 Å². The molecule has 0 unspecified atom stereocenters. The fourth-order valence-electron chi connectivity index (χ4n) is 1.04. The molecule has 7 heteroatoms. The van der Waals surface area contributed by atoms with Gasteiger partial charge in [0, 0.05) is 0 Å². The van der Waals surface area contributed by atoms with Crippen molar-refractivity contribution in [2.45, 2.75) is 13.3 Å². The van der Waals surface area contributed by atoms with E-state index in [0.29, 0.717) is 6.42 Å². The average molecular weight is 232 g/mol. The zero-order valence-electron chi connectivity index (χ0n) is 8.61. The molecule has 88 valence electrons. The van der Waals surface area contributed by atoms with Crippen LogP contribution < -0.4 is 9.39 Å². The summed E-state index contributed by atoms with van der Waals surface area (Å²) in [6.45, 7) is 2.09. The van der Waals surface area contributed by atoms with Gasteiger partial charge in [0.25, 0.3) is 0 Å². The zero-order valence-corrected chi connectivity index (χ0v) is 8.61. The van der Waals surface area contributed by atoms with E-state index in [0.717, 1.165) is 12.1 Å². The number of halogens is 2. The molecule has 0 atom stereocenters. The summed E-state index contributed by atoms with van der Waals surface area (Å²) in [5.41, 5.74) is 0. The highest BCUT2D eigenvalue weighted by atomic mass is 19.2. The van der Waals surface area contributed by atoms with Crippen molar-refractivity contribution in [2.75, 3.05) is 6.61 Å². The first kappa shape index (κ1) is 12.7. The summed E-state index contributed by atoms with van der Waals surface area (Å²) in [6, 6.07) is 2.22. The molecule has 0 spiro atoms. The van der Waals surface area contributed by atoms with Crippen LogP contribution >= 0.6 is 0 Å². The predicted molar refractivity (Wildman–Crippen MR) is 53.0 cm³/mol. The van der Waals surface area contributed by atoms with E-state index in [4.69, 9.17) is 14.8 Å². The Morgan fingerprint density at radius 3 is 2.31 bits per heavy atom. The van der Waals surface area contributed by atoms with E-state index in [1.807, 2.05) is 6.92 Å². The molecular formula is C9H11BF2O4.